The van der Waals surface area contributed by atoms with Gasteiger partial charge in [-0.1, -0.05) is 0 Å². The monoisotopic (exact) mass is 317 g/mol. The number of nitrogens with zero attached hydrogens (tertiary/aromatic N) is 5. The van der Waals surface area contributed by atoms with E-state index in [1.807, 2.05) is 4.90 Å². The van der Waals surface area contributed by atoms with Crippen LogP contribution in [0, 0.1) is 0 Å². The fraction of sp³-hybridized carbons (Fsp3) is 0.667. The molecule has 2 unspecified atom stereocenters. The number of piperidine rings is 1. The summed E-state index contributed by atoms with van der Waals surface area (Å²) in [5.41, 5.74) is 0. The summed E-state index contributed by atoms with van der Waals surface area (Å²) in [5.74, 6) is -0.0656. The second kappa shape index (κ2) is 5.43. The van der Waals surface area contributed by atoms with Gasteiger partial charge in [0.1, 0.15) is 19.2 Å². The van der Waals surface area contributed by atoms with Crippen molar-refractivity contribution < 1.29 is 14.4 Å². The van der Waals surface area contributed by atoms with Crippen LogP contribution in [0.25, 0.3) is 0 Å². The minimum absolute atomic E-state index is 0.0366. The Morgan fingerprint density at radius 3 is 2.30 bits per heavy atom. The average molecular weight is 317 g/mol. The van der Waals surface area contributed by atoms with E-state index in [9.17, 15) is 14.4 Å². The first kappa shape index (κ1) is 14.3. The van der Waals surface area contributed by atoms with Crippen molar-refractivity contribution in [3.63, 3.8) is 0 Å². The highest BCUT2D eigenvalue weighted by Crippen LogP contribution is 2.39. The molecule has 0 saturated carbocycles. The van der Waals surface area contributed by atoms with E-state index in [1.165, 1.54) is 22.2 Å². The van der Waals surface area contributed by atoms with E-state index < -0.39 is 0 Å². The number of carbonyl (C=O) groups is 3. The Kier molecular flexibility index (Phi) is 3.39. The summed E-state index contributed by atoms with van der Waals surface area (Å²) >= 11 is 0. The molecule has 0 aliphatic carbocycles. The molecule has 122 valence electrons. The minimum atomic E-state index is -0.0539. The van der Waals surface area contributed by atoms with Gasteiger partial charge in [-0.3, -0.25) is 19.3 Å². The van der Waals surface area contributed by atoms with Gasteiger partial charge >= 0.3 is 0 Å². The van der Waals surface area contributed by atoms with Gasteiger partial charge in [-0.25, -0.2) is 9.67 Å². The summed E-state index contributed by atoms with van der Waals surface area (Å²) in [7, 11) is 0. The van der Waals surface area contributed by atoms with Crippen molar-refractivity contribution in [2.45, 2.75) is 63.2 Å². The number of hydrogen-bond donors (Lipinski definition) is 0. The van der Waals surface area contributed by atoms with Gasteiger partial charge in [-0.05, 0) is 25.7 Å². The van der Waals surface area contributed by atoms with Crippen molar-refractivity contribution in [2.75, 3.05) is 0 Å². The van der Waals surface area contributed by atoms with Gasteiger partial charge < -0.3 is 4.90 Å². The Hall–Kier alpha value is -2.25. The van der Waals surface area contributed by atoms with Gasteiger partial charge in [0.15, 0.2) is 0 Å². The molecule has 4 heterocycles. The second-order valence-corrected chi connectivity index (χ2v) is 6.56. The van der Waals surface area contributed by atoms with Gasteiger partial charge in [-0.2, -0.15) is 5.10 Å². The number of aromatic nitrogens is 3. The molecule has 3 amide bonds. The molecule has 0 N–H and O–H groups in total. The van der Waals surface area contributed by atoms with E-state index in [-0.39, 0.29) is 42.4 Å². The molecule has 2 bridgehead atoms. The van der Waals surface area contributed by atoms with Crippen LogP contribution in [0.2, 0.25) is 0 Å². The predicted molar refractivity (Wildman–Crippen MR) is 77.8 cm³/mol. The maximum absolute atomic E-state index is 12.6. The Labute approximate surface area is 133 Å². The van der Waals surface area contributed by atoms with E-state index in [4.69, 9.17) is 0 Å². The van der Waals surface area contributed by atoms with Crippen LogP contribution in [0.15, 0.2) is 12.7 Å². The zero-order chi connectivity index (χ0) is 16.0. The molecule has 0 spiro atoms. The summed E-state index contributed by atoms with van der Waals surface area (Å²) in [6, 6.07) is 0.206. The maximum Gasteiger partial charge on any atom is 0.244 e. The molecule has 8 heteroatoms. The van der Waals surface area contributed by atoms with Crippen molar-refractivity contribution in [3.05, 3.63) is 12.7 Å². The quantitative estimate of drug-likeness (QED) is 0.729. The van der Waals surface area contributed by atoms with Crippen molar-refractivity contribution in [1.29, 1.82) is 0 Å². The van der Waals surface area contributed by atoms with Gasteiger partial charge in [0.2, 0.25) is 17.7 Å². The first-order valence-corrected chi connectivity index (χ1v) is 8.12. The lowest BCUT2D eigenvalue weighted by Gasteiger charge is -2.41. The lowest BCUT2D eigenvalue weighted by atomic mass is 9.96. The van der Waals surface area contributed by atoms with Crippen LogP contribution in [-0.2, 0) is 20.9 Å². The largest absolute Gasteiger partial charge is 0.335 e. The number of amides is 3. The standard InChI is InChI=1S/C15H19N5O3/c21-13-3-4-14(22)20(13)12-5-10-1-2-11(6-12)19(10)15(23)7-18-9-16-8-17-18/h8-12H,1-7H2. The fourth-order valence-corrected chi connectivity index (χ4v) is 4.30. The summed E-state index contributed by atoms with van der Waals surface area (Å²) in [6.45, 7) is 0.194. The lowest BCUT2D eigenvalue weighted by Crippen LogP contribution is -2.54. The third-order valence-electron chi connectivity index (χ3n) is 5.22. The van der Waals surface area contributed by atoms with E-state index in [0.717, 1.165) is 12.8 Å². The van der Waals surface area contributed by atoms with Crippen molar-refractivity contribution in [2.24, 2.45) is 0 Å². The van der Waals surface area contributed by atoms with Crippen LogP contribution in [0.4, 0.5) is 0 Å². The predicted octanol–water partition coefficient (Wildman–Crippen LogP) is -0.0509. The molecule has 0 aromatic carbocycles. The van der Waals surface area contributed by atoms with Crippen LogP contribution in [0.1, 0.15) is 38.5 Å². The van der Waals surface area contributed by atoms with E-state index in [1.54, 1.807) is 0 Å². The van der Waals surface area contributed by atoms with Crippen molar-refractivity contribution in [1.82, 2.24) is 24.6 Å². The van der Waals surface area contributed by atoms with Gasteiger partial charge in [0.25, 0.3) is 0 Å². The summed E-state index contributed by atoms with van der Waals surface area (Å²) < 4.78 is 1.53. The lowest BCUT2D eigenvalue weighted by molar-refractivity contribution is -0.144. The highest BCUT2D eigenvalue weighted by Gasteiger charge is 2.47. The molecule has 4 rings (SSSR count). The third-order valence-corrected chi connectivity index (χ3v) is 5.22. The van der Waals surface area contributed by atoms with Crippen LogP contribution in [0.3, 0.4) is 0 Å². The highest BCUT2D eigenvalue weighted by molar-refractivity contribution is 6.02. The molecule has 3 aliphatic heterocycles. The minimum Gasteiger partial charge on any atom is -0.335 e. The zero-order valence-electron chi connectivity index (χ0n) is 12.8. The first-order chi connectivity index (χ1) is 11.1. The van der Waals surface area contributed by atoms with Gasteiger partial charge in [0.05, 0.1) is 0 Å². The molecule has 3 aliphatic rings. The van der Waals surface area contributed by atoms with Gasteiger partial charge in [0, 0.05) is 31.0 Å². The van der Waals surface area contributed by atoms with Crippen molar-refractivity contribution in [3.8, 4) is 0 Å². The van der Waals surface area contributed by atoms with E-state index >= 15 is 0 Å². The number of rotatable bonds is 3. The smallest absolute Gasteiger partial charge is 0.244 e. The molecule has 8 nitrogen and oxygen atoms in total. The molecular formula is C15H19N5O3. The molecule has 23 heavy (non-hydrogen) atoms. The highest BCUT2D eigenvalue weighted by atomic mass is 16.2. The van der Waals surface area contributed by atoms with Crippen LogP contribution < -0.4 is 0 Å². The van der Waals surface area contributed by atoms with Gasteiger partial charge in [-0.15, -0.1) is 0 Å². The zero-order valence-corrected chi connectivity index (χ0v) is 12.8. The Morgan fingerprint density at radius 1 is 1.09 bits per heavy atom. The Balaban J connectivity index is 1.47. The van der Waals surface area contributed by atoms with E-state index in [0.29, 0.717) is 25.7 Å². The number of fused-ring (bicyclic) bond motifs is 2. The molecule has 3 saturated heterocycles. The third kappa shape index (κ3) is 2.42. The van der Waals surface area contributed by atoms with Crippen LogP contribution in [-0.4, -0.2) is 60.4 Å². The normalized spacial score (nSPS) is 30.3. The Morgan fingerprint density at radius 2 is 1.74 bits per heavy atom. The Bertz CT molecular complexity index is 614. The summed E-state index contributed by atoms with van der Waals surface area (Å²) in [4.78, 5) is 43.7. The average Bonchev–Trinajstić information content (AvgIpc) is 3.20. The number of imide groups is 1. The molecular weight excluding hydrogens is 298 g/mol. The second-order valence-electron chi connectivity index (χ2n) is 6.56. The topological polar surface area (TPSA) is 88.4 Å². The summed E-state index contributed by atoms with van der Waals surface area (Å²) in [5, 5.41) is 3.98. The van der Waals surface area contributed by atoms with E-state index in [2.05, 4.69) is 10.1 Å². The number of hydrogen-bond acceptors (Lipinski definition) is 5. The van der Waals surface area contributed by atoms with Crippen LogP contribution >= 0.6 is 0 Å². The first-order valence-electron chi connectivity index (χ1n) is 8.12. The molecule has 0 radical (unpaired) electrons. The van der Waals surface area contributed by atoms with Crippen LogP contribution in [0.5, 0.6) is 0 Å². The number of carbonyl (C=O) groups excluding carboxylic acids is 3. The molecule has 2 atom stereocenters. The SMILES string of the molecule is O=C1CCC(=O)N1C1CC2CCC(C1)N2C(=O)Cn1cncn1. The molecule has 1 aromatic rings. The van der Waals surface area contributed by atoms with Crippen molar-refractivity contribution >= 4 is 17.7 Å². The summed E-state index contributed by atoms with van der Waals surface area (Å²) in [6.07, 6.45) is 6.92. The fourth-order valence-electron chi connectivity index (χ4n) is 4.30. The molecule has 3 fully saturated rings. The number of likely N-dealkylation sites (tertiary alicyclic amines) is 1. The maximum atomic E-state index is 12.6. The molecule has 1 aromatic heterocycles.